The lowest BCUT2D eigenvalue weighted by molar-refractivity contribution is 0.383. The fraction of sp³-hybridized carbons (Fsp3) is 0.158. The average Bonchev–Trinajstić information content (AvgIpc) is 3.86. The van der Waals surface area contributed by atoms with Crippen LogP contribution in [0.3, 0.4) is 0 Å². The van der Waals surface area contributed by atoms with E-state index in [1.165, 1.54) is 67.3 Å². The van der Waals surface area contributed by atoms with E-state index in [9.17, 15) is 0 Å². The Balaban J connectivity index is 0.914. The number of para-hydroxylation sites is 2. The number of aliphatic imine (C=N–C) groups is 2. The van der Waals surface area contributed by atoms with Gasteiger partial charge in [-0.05, 0) is 107 Å². The van der Waals surface area contributed by atoms with Crippen LogP contribution in [-0.2, 0) is 0 Å². The highest BCUT2D eigenvalue weighted by Crippen LogP contribution is 2.55. The molecule has 0 radical (unpaired) electrons. The number of benzene rings is 7. The van der Waals surface area contributed by atoms with Crippen molar-refractivity contribution in [3.8, 4) is 5.69 Å². The first-order chi connectivity index (χ1) is 30.6. The Kier molecular flexibility index (Phi) is 8.70. The van der Waals surface area contributed by atoms with Gasteiger partial charge in [0.15, 0.2) is 6.17 Å². The first kappa shape index (κ1) is 36.6. The first-order valence-corrected chi connectivity index (χ1v) is 22.2. The first-order valence-electron chi connectivity index (χ1n) is 22.2. The van der Waals surface area contributed by atoms with Crippen LogP contribution < -0.4 is 10.2 Å². The molecular weight excluding hydrogens is 755 g/mol. The number of rotatable bonds is 6. The van der Waals surface area contributed by atoms with Crippen molar-refractivity contribution in [2.45, 2.75) is 38.8 Å². The molecule has 7 aromatic carbocycles. The lowest BCUT2D eigenvalue weighted by Gasteiger charge is -2.33. The van der Waals surface area contributed by atoms with Crippen LogP contribution >= 0.6 is 0 Å². The number of hydrogen-bond donors (Lipinski definition) is 1. The molecule has 5 nitrogen and oxygen atoms in total. The minimum absolute atomic E-state index is 0.277. The van der Waals surface area contributed by atoms with Crippen molar-refractivity contribution in [2.24, 2.45) is 27.7 Å². The van der Waals surface area contributed by atoms with Crippen molar-refractivity contribution in [3.63, 3.8) is 0 Å². The highest BCUT2D eigenvalue weighted by molar-refractivity contribution is 6.16. The summed E-state index contributed by atoms with van der Waals surface area (Å²) in [6, 6.07) is 61.2. The fourth-order valence-electron chi connectivity index (χ4n) is 10.8. The standard InChI is InChI=1S/C57H47N5/c1-36-15-14-24-51-53(36)54-37(2)46(41-28-31-50-48(35-41)47-22-12-13-23-49(47)61(50)44-20-10-5-11-21-44)30-32-52(54)62(51)45-29-27-38-25-26-42(33-43(38)34-45)57-59-55(39-16-6-3-7-17-39)58-56(60-57)40-18-8-4-9-19-40/h3-13,16-37,46,53,55H,14-15H2,1-2H3,(H,58,59,60). The maximum Gasteiger partial charge on any atom is 0.169 e. The van der Waals surface area contributed by atoms with Gasteiger partial charge in [-0.2, -0.15) is 0 Å². The van der Waals surface area contributed by atoms with E-state index in [1.807, 2.05) is 12.1 Å². The quantitative estimate of drug-likeness (QED) is 0.182. The predicted octanol–water partition coefficient (Wildman–Crippen LogP) is 13.4. The minimum atomic E-state index is -0.336. The third kappa shape index (κ3) is 5.98. The van der Waals surface area contributed by atoms with Gasteiger partial charge in [-0.15, -0.1) is 0 Å². The molecule has 1 N–H and O–H groups in total. The van der Waals surface area contributed by atoms with Gasteiger partial charge in [0, 0.05) is 56.5 Å². The van der Waals surface area contributed by atoms with Gasteiger partial charge in [0.1, 0.15) is 11.7 Å². The molecule has 4 aliphatic rings. The van der Waals surface area contributed by atoms with Gasteiger partial charge in [-0.1, -0.05) is 147 Å². The summed E-state index contributed by atoms with van der Waals surface area (Å²) < 4.78 is 2.41. The van der Waals surface area contributed by atoms with Crippen molar-refractivity contribution < 1.29 is 0 Å². The number of nitrogens with zero attached hydrogens (tertiary/aromatic N) is 4. The second-order valence-electron chi connectivity index (χ2n) is 17.5. The van der Waals surface area contributed by atoms with Crippen molar-refractivity contribution in [1.29, 1.82) is 0 Å². The van der Waals surface area contributed by atoms with Gasteiger partial charge in [0.05, 0.1) is 11.0 Å². The highest BCUT2D eigenvalue weighted by atomic mass is 15.2. The molecule has 2 aliphatic carbocycles. The molecule has 3 heterocycles. The molecular formula is C57H47N5. The molecule has 1 aromatic heterocycles. The van der Waals surface area contributed by atoms with Crippen molar-refractivity contribution in [1.82, 2.24) is 9.88 Å². The van der Waals surface area contributed by atoms with E-state index in [-0.39, 0.29) is 12.1 Å². The molecule has 0 spiro atoms. The summed E-state index contributed by atoms with van der Waals surface area (Å²) in [5, 5.41) is 8.61. The van der Waals surface area contributed by atoms with Gasteiger partial charge in [-0.3, -0.25) is 0 Å². The molecule has 62 heavy (non-hydrogen) atoms. The number of anilines is 1. The zero-order chi connectivity index (χ0) is 41.3. The maximum absolute atomic E-state index is 5.19. The second kappa shape index (κ2) is 14.7. The number of amidine groups is 2. The SMILES string of the molecule is CC1CCC=C2C1C1=C(C=CC(c3ccc4c(c3)c3ccccc3n4-c3ccccc3)C1C)N2c1ccc2ccc(C3=NC(c4ccccc4)N=C(c4ccccc4)N3)cc2c1. The van der Waals surface area contributed by atoms with Crippen LogP contribution in [0.1, 0.15) is 61.0 Å². The number of allylic oxidation sites excluding steroid dienone is 4. The molecule has 8 aromatic rings. The fourth-order valence-corrected chi connectivity index (χ4v) is 10.8. The summed E-state index contributed by atoms with van der Waals surface area (Å²) in [4.78, 5) is 12.8. The van der Waals surface area contributed by atoms with Gasteiger partial charge in [0.25, 0.3) is 0 Å². The monoisotopic (exact) mass is 801 g/mol. The average molecular weight is 802 g/mol. The van der Waals surface area contributed by atoms with Crippen LogP contribution in [0.5, 0.6) is 0 Å². The number of hydrogen-bond acceptors (Lipinski definition) is 4. The van der Waals surface area contributed by atoms with Crippen molar-refractivity contribution in [2.75, 3.05) is 4.90 Å². The highest BCUT2D eigenvalue weighted by Gasteiger charge is 2.45. The molecule has 0 fully saturated rings. The third-order valence-electron chi connectivity index (χ3n) is 13.8. The normalized spacial score (nSPS) is 22.0. The van der Waals surface area contributed by atoms with Gasteiger partial charge in [-0.25, -0.2) is 9.98 Å². The lowest BCUT2D eigenvalue weighted by Crippen LogP contribution is -2.36. The number of nitrogens with one attached hydrogen (secondary N) is 1. The summed E-state index contributed by atoms with van der Waals surface area (Å²) in [5.41, 5.74) is 13.8. The molecule has 5 unspecified atom stereocenters. The van der Waals surface area contributed by atoms with Crippen molar-refractivity contribution in [3.05, 3.63) is 227 Å². The van der Waals surface area contributed by atoms with Gasteiger partial charge < -0.3 is 14.8 Å². The Morgan fingerprint density at radius 2 is 1.29 bits per heavy atom. The van der Waals surface area contributed by atoms with Gasteiger partial charge >= 0.3 is 0 Å². The van der Waals surface area contributed by atoms with E-state index in [4.69, 9.17) is 9.98 Å². The Hall–Kier alpha value is -7.24. The smallest absolute Gasteiger partial charge is 0.169 e. The molecule has 300 valence electrons. The Morgan fingerprint density at radius 1 is 0.581 bits per heavy atom. The Morgan fingerprint density at radius 3 is 2.11 bits per heavy atom. The molecule has 2 aliphatic heterocycles. The summed E-state index contributed by atoms with van der Waals surface area (Å²) in [5.74, 6) is 3.22. The minimum Gasteiger partial charge on any atom is -0.324 e. The van der Waals surface area contributed by atoms with Crippen molar-refractivity contribution >= 4 is 49.9 Å². The molecule has 5 atom stereocenters. The summed E-state index contributed by atoms with van der Waals surface area (Å²) in [7, 11) is 0. The van der Waals surface area contributed by atoms with Crippen LogP contribution in [0.2, 0.25) is 0 Å². The van der Waals surface area contributed by atoms with Crippen LogP contribution in [0.15, 0.2) is 215 Å². The lowest BCUT2D eigenvalue weighted by atomic mass is 9.70. The predicted molar refractivity (Wildman–Crippen MR) is 257 cm³/mol. The van der Waals surface area contributed by atoms with E-state index in [0.29, 0.717) is 17.8 Å². The van der Waals surface area contributed by atoms with Crippen LogP contribution in [0, 0.1) is 17.8 Å². The second-order valence-corrected chi connectivity index (χ2v) is 17.5. The number of fused-ring (bicyclic) bond motifs is 6. The molecule has 0 saturated carbocycles. The van der Waals surface area contributed by atoms with Crippen LogP contribution in [0.4, 0.5) is 5.69 Å². The zero-order valence-corrected chi connectivity index (χ0v) is 35.0. The van der Waals surface area contributed by atoms with E-state index in [2.05, 4.69) is 205 Å². The topological polar surface area (TPSA) is 44.9 Å². The largest absolute Gasteiger partial charge is 0.324 e. The maximum atomic E-state index is 5.19. The molecule has 0 bridgehead atoms. The van der Waals surface area contributed by atoms with E-state index in [1.54, 1.807) is 5.57 Å². The Labute approximate surface area is 362 Å². The van der Waals surface area contributed by atoms with Crippen LogP contribution in [0.25, 0.3) is 38.3 Å². The summed E-state index contributed by atoms with van der Waals surface area (Å²) in [6.45, 7) is 4.94. The molecule has 5 heteroatoms. The third-order valence-corrected chi connectivity index (χ3v) is 13.8. The molecule has 12 rings (SSSR count). The van der Waals surface area contributed by atoms with Gasteiger partial charge in [0.2, 0.25) is 0 Å². The molecule has 0 amide bonds. The van der Waals surface area contributed by atoms with Crippen LogP contribution in [-0.4, -0.2) is 16.2 Å². The van der Waals surface area contributed by atoms with E-state index in [0.717, 1.165) is 34.8 Å². The zero-order valence-electron chi connectivity index (χ0n) is 35.0. The summed E-state index contributed by atoms with van der Waals surface area (Å²) >= 11 is 0. The number of aromatic nitrogens is 1. The summed E-state index contributed by atoms with van der Waals surface area (Å²) in [6.07, 6.45) is 9.43. The van der Waals surface area contributed by atoms with E-state index < -0.39 is 0 Å². The Bertz CT molecular complexity index is 3210. The molecule has 0 saturated heterocycles. The van der Waals surface area contributed by atoms with E-state index >= 15 is 0 Å².